The normalized spacial score (nSPS) is 13.3. The number of hydrogen-bond acceptors (Lipinski definition) is 4. The van der Waals surface area contributed by atoms with E-state index >= 15 is 0 Å². The average molecular weight is 377 g/mol. The average Bonchev–Trinajstić information content (AvgIpc) is 3.39. The molecule has 2 aromatic carbocycles. The van der Waals surface area contributed by atoms with Gasteiger partial charge in [-0.25, -0.2) is 0 Å². The third-order valence-corrected chi connectivity index (χ3v) is 4.89. The first-order valence-electron chi connectivity index (χ1n) is 9.45. The minimum atomic E-state index is -0.0611. The molecular formula is C22H23N3O3. The molecule has 1 amide bonds. The molecule has 6 nitrogen and oxygen atoms in total. The number of ether oxygens (including phenoxy) is 2. The topological polar surface area (TPSA) is 65.4 Å². The van der Waals surface area contributed by atoms with Crippen molar-refractivity contribution >= 4 is 5.91 Å². The van der Waals surface area contributed by atoms with Crippen molar-refractivity contribution in [1.29, 1.82) is 0 Å². The molecule has 0 bridgehead atoms. The standard InChI is InChI=1S/C22H23N3O3/c1-2-25-14-16(13-24-25)12-23-22(26)11-19(17-6-4-3-5-7-17)18-8-9-20-21(10-18)28-15-27-20/h3-10,13-14,19H,2,11-12,15H2,1H3,(H,23,26). The number of carbonyl (C=O) groups is 1. The molecule has 4 rings (SSSR count). The first kappa shape index (κ1) is 18.1. The lowest BCUT2D eigenvalue weighted by Crippen LogP contribution is -2.24. The fraction of sp³-hybridized carbons (Fsp3) is 0.273. The number of carbonyl (C=O) groups excluding carboxylic acids is 1. The predicted molar refractivity (Wildman–Crippen MR) is 105 cm³/mol. The number of hydrogen-bond donors (Lipinski definition) is 1. The fourth-order valence-electron chi connectivity index (χ4n) is 3.37. The van der Waals surface area contributed by atoms with Crippen LogP contribution in [0, 0.1) is 0 Å². The van der Waals surface area contributed by atoms with E-state index in [4.69, 9.17) is 9.47 Å². The van der Waals surface area contributed by atoms with Crippen LogP contribution in [-0.4, -0.2) is 22.5 Å². The Morgan fingerprint density at radius 2 is 1.96 bits per heavy atom. The molecule has 1 N–H and O–H groups in total. The highest BCUT2D eigenvalue weighted by molar-refractivity contribution is 5.77. The van der Waals surface area contributed by atoms with Crippen LogP contribution in [0.3, 0.4) is 0 Å². The molecule has 2 heterocycles. The van der Waals surface area contributed by atoms with Gasteiger partial charge < -0.3 is 14.8 Å². The second-order valence-electron chi connectivity index (χ2n) is 6.76. The van der Waals surface area contributed by atoms with Gasteiger partial charge in [-0.05, 0) is 30.2 Å². The Balaban J connectivity index is 1.50. The Labute approximate surface area is 164 Å². The van der Waals surface area contributed by atoms with Crippen LogP contribution in [0.2, 0.25) is 0 Å². The van der Waals surface area contributed by atoms with E-state index in [9.17, 15) is 4.79 Å². The molecule has 1 atom stereocenters. The molecule has 1 unspecified atom stereocenters. The van der Waals surface area contributed by atoms with Crippen LogP contribution in [0.15, 0.2) is 60.9 Å². The highest BCUT2D eigenvalue weighted by atomic mass is 16.7. The number of nitrogens with zero attached hydrogens (tertiary/aromatic N) is 2. The number of amides is 1. The molecule has 1 aliphatic heterocycles. The summed E-state index contributed by atoms with van der Waals surface area (Å²) in [5.74, 6) is 1.41. The van der Waals surface area contributed by atoms with Crippen LogP contribution < -0.4 is 14.8 Å². The Morgan fingerprint density at radius 1 is 1.14 bits per heavy atom. The number of aryl methyl sites for hydroxylation is 1. The molecule has 28 heavy (non-hydrogen) atoms. The van der Waals surface area contributed by atoms with E-state index in [1.807, 2.05) is 66.3 Å². The molecule has 6 heteroatoms. The van der Waals surface area contributed by atoms with E-state index in [2.05, 4.69) is 10.4 Å². The van der Waals surface area contributed by atoms with Crippen molar-refractivity contribution in [3.05, 3.63) is 77.6 Å². The second kappa shape index (κ2) is 8.17. The molecule has 0 radical (unpaired) electrons. The van der Waals surface area contributed by atoms with Crippen molar-refractivity contribution < 1.29 is 14.3 Å². The number of benzene rings is 2. The van der Waals surface area contributed by atoms with Crippen LogP contribution in [0.4, 0.5) is 0 Å². The number of nitrogens with one attached hydrogen (secondary N) is 1. The van der Waals surface area contributed by atoms with Gasteiger partial charge in [-0.2, -0.15) is 5.10 Å². The summed E-state index contributed by atoms with van der Waals surface area (Å²) in [5, 5.41) is 7.25. The zero-order chi connectivity index (χ0) is 19.3. The van der Waals surface area contributed by atoms with Crippen LogP contribution >= 0.6 is 0 Å². The highest BCUT2D eigenvalue weighted by Gasteiger charge is 2.22. The molecular weight excluding hydrogens is 354 g/mol. The summed E-state index contributed by atoms with van der Waals surface area (Å²) >= 11 is 0. The van der Waals surface area contributed by atoms with Crippen molar-refractivity contribution in [1.82, 2.24) is 15.1 Å². The largest absolute Gasteiger partial charge is 0.454 e. The smallest absolute Gasteiger partial charge is 0.231 e. The van der Waals surface area contributed by atoms with Crippen molar-refractivity contribution in [3.63, 3.8) is 0 Å². The van der Waals surface area contributed by atoms with E-state index < -0.39 is 0 Å². The quantitative estimate of drug-likeness (QED) is 0.685. The van der Waals surface area contributed by atoms with E-state index in [0.29, 0.717) is 13.0 Å². The minimum absolute atomic E-state index is 0.00392. The zero-order valence-corrected chi connectivity index (χ0v) is 15.8. The summed E-state index contributed by atoms with van der Waals surface area (Å²) in [6.07, 6.45) is 4.09. The van der Waals surface area contributed by atoms with Crippen LogP contribution in [0.5, 0.6) is 11.5 Å². The van der Waals surface area contributed by atoms with Crippen molar-refractivity contribution in [2.75, 3.05) is 6.79 Å². The van der Waals surface area contributed by atoms with Crippen LogP contribution in [0.1, 0.15) is 36.0 Å². The van der Waals surface area contributed by atoms with E-state index in [-0.39, 0.29) is 18.6 Å². The number of fused-ring (bicyclic) bond motifs is 1. The summed E-state index contributed by atoms with van der Waals surface area (Å²) in [7, 11) is 0. The predicted octanol–water partition coefficient (Wildman–Crippen LogP) is 3.47. The zero-order valence-electron chi connectivity index (χ0n) is 15.8. The third kappa shape index (κ3) is 4.01. The van der Waals surface area contributed by atoms with Gasteiger partial charge in [0.25, 0.3) is 0 Å². The Kier molecular flexibility index (Phi) is 5.28. The minimum Gasteiger partial charge on any atom is -0.454 e. The number of aromatic nitrogens is 2. The lowest BCUT2D eigenvalue weighted by atomic mass is 9.88. The van der Waals surface area contributed by atoms with Gasteiger partial charge in [0.15, 0.2) is 11.5 Å². The maximum Gasteiger partial charge on any atom is 0.231 e. The Morgan fingerprint density at radius 3 is 2.75 bits per heavy atom. The van der Waals surface area contributed by atoms with Gasteiger partial charge in [-0.15, -0.1) is 0 Å². The Bertz CT molecular complexity index is 953. The SMILES string of the molecule is CCn1cc(CNC(=O)CC(c2ccccc2)c2ccc3c(c2)OCO3)cn1. The maximum atomic E-state index is 12.7. The summed E-state index contributed by atoms with van der Waals surface area (Å²) in [5.41, 5.74) is 3.12. The van der Waals surface area contributed by atoms with E-state index in [0.717, 1.165) is 34.7 Å². The van der Waals surface area contributed by atoms with Gasteiger partial charge >= 0.3 is 0 Å². The molecule has 0 fully saturated rings. The maximum absolute atomic E-state index is 12.7. The lowest BCUT2D eigenvalue weighted by molar-refractivity contribution is -0.121. The van der Waals surface area contributed by atoms with Crippen LogP contribution in [-0.2, 0) is 17.9 Å². The fourth-order valence-corrected chi connectivity index (χ4v) is 3.37. The molecule has 144 valence electrons. The monoisotopic (exact) mass is 377 g/mol. The summed E-state index contributed by atoms with van der Waals surface area (Å²) in [6, 6.07) is 15.9. The molecule has 0 spiro atoms. The lowest BCUT2D eigenvalue weighted by Gasteiger charge is -2.18. The Hall–Kier alpha value is -3.28. The summed E-state index contributed by atoms with van der Waals surface area (Å²) in [6.45, 7) is 3.56. The first-order valence-corrected chi connectivity index (χ1v) is 9.45. The van der Waals surface area contributed by atoms with Gasteiger partial charge in [-0.1, -0.05) is 36.4 Å². The molecule has 1 aromatic heterocycles. The third-order valence-electron chi connectivity index (χ3n) is 4.89. The van der Waals surface area contributed by atoms with E-state index in [1.165, 1.54) is 0 Å². The van der Waals surface area contributed by atoms with Gasteiger partial charge in [0, 0.05) is 37.2 Å². The summed E-state index contributed by atoms with van der Waals surface area (Å²) in [4.78, 5) is 12.7. The second-order valence-corrected chi connectivity index (χ2v) is 6.76. The highest BCUT2D eigenvalue weighted by Crippen LogP contribution is 2.37. The van der Waals surface area contributed by atoms with Gasteiger partial charge in [0.05, 0.1) is 6.20 Å². The van der Waals surface area contributed by atoms with Gasteiger partial charge in [-0.3, -0.25) is 9.48 Å². The van der Waals surface area contributed by atoms with Crippen molar-refractivity contribution in [2.24, 2.45) is 0 Å². The van der Waals surface area contributed by atoms with Crippen LogP contribution in [0.25, 0.3) is 0 Å². The van der Waals surface area contributed by atoms with Gasteiger partial charge in [0.1, 0.15) is 0 Å². The van der Waals surface area contributed by atoms with Crippen molar-refractivity contribution in [2.45, 2.75) is 32.4 Å². The van der Waals surface area contributed by atoms with Gasteiger partial charge in [0.2, 0.25) is 12.7 Å². The molecule has 0 saturated carbocycles. The first-order chi connectivity index (χ1) is 13.7. The molecule has 1 aliphatic rings. The molecule has 0 aliphatic carbocycles. The van der Waals surface area contributed by atoms with Crippen molar-refractivity contribution in [3.8, 4) is 11.5 Å². The summed E-state index contributed by atoms with van der Waals surface area (Å²) < 4.78 is 12.8. The molecule has 0 saturated heterocycles. The molecule has 3 aromatic rings. The van der Waals surface area contributed by atoms with E-state index in [1.54, 1.807) is 6.20 Å². The number of rotatable bonds is 7.